The first-order chi connectivity index (χ1) is 19.6. The first-order valence-corrected chi connectivity index (χ1v) is 18.0. The molecule has 4 nitrogen and oxygen atoms in total. The third-order valence-corrected chi connectivity index (χ3v) is 12.8. The second-order valence-corrected chi connectivity index (χ2v) is 17.2. The van der Waals surface area contributed by atoms with Gasteiger partial charge in [-0.05, 0) is 47.7 Å². The lowest BCUT2D eigenvalue weighted by atomic mass is 9.95. The minimum Gasteiger partial charge on any atom is -0.409 e. The number of hydrogen-bond acceptors (Lipinski definition) is 4. The van der Waals surface area contributed by atoms with Crippen molar-refractivity contribution in [3.63, 3.8) is 0 Å². The van der Waals surface area contributed by atoms with E-state index in [1.54, 1.807) is 0 Å². The van der Waals surface area contributed by atoms with Crippen LogP contribution in [-0.2, 0) is 9.16 Å². The number of nitrogens with one attached hydrogen (secondary N) is 1. The summed E-state index contributed by atoms with van der Waals surface area (Å²) >= 11 is 0. The van der Waals surface area contributed by atoms with E-state index in [2.05, 4.69) is 126 Å². The molecule has 0 spiro atoms. The van der Waals surface area contributed by atoms with E-state index in [1.165, 1.54) is 0 Å². The molecule has 222 valence electrons. The topological polar surface area (TPSA) is 50.7 Å². The lowest BCUT2D eigenvalue weighted by Crippen LogP contribution is -2.56. The van der Waals surface area contributed by atoms with Gasteiger partial charge >= 0.3 is 0 Å². The van der Waals surface area contributed by atoms with Crippen molar-refractivity contribution in [1.82, 2.24) is 5.32 Å². The van der Waals surface area contributed by atoms with Crippen LogP contribution in [0.1, 0.15) is 70.2 Å². The van der Waals surface area contributed by atoms with Crippen LogP contribution in [0, 0.1) is 0 Å². The van der Waals surface area contributed by atoms with Crippen LogP contribution >= 0.6 is 0 Å². The minimum atomic E-state index is -2.27. The Morgan fingerprint density at radius 3 is 1.76 bits per heavy atom. The summed E-state index contributed by atoms with van der Waals surface area (Å²) in [5.74, 6) is 0. The maximum Gasteiger partial charge on any atom is 0.192 e. The van der Waals surface area contributed by atoms with Gasteiger partial charge in [0.05, 0.1) is 30.9 Å². The molecule has 0 aromatic heterocycles. The molecule has 0 aliphatic rings. The Labute approximate surface area is 250 Å². The molecule has 0 bridgehead atoms. The van der Waals surface area contributed by atoms with Gasteiger partial charge in [-0.25, -0.2) is 0 Å². The average molecular weight is 574 g/mol. The number of rotatable bonds is 15. The van der Waals surface area contributed by atoms with Crippen LogP contribution in [0.4, 0.5) is 0 Å². The smallest absolute Gasteiger partial charge is 0.192 e. The van der Waals surface area contributed by atoms with E-state index in [0.29, 0.717) is 0 Å². The van der Waals surface area contributed by atoms with Crippen molar-refractivity contribution in [2.24, 2.45) is 0 Å². The summed E-state index contributed by atoms with van der Waals surface area (Å²) in [6, 6.07) is 30.9. The van der Waals surface area contributed by atoms with Gasteiger partial charge in [0.1, 0.15) is 6.10 Å². The number of aliphatic hydroxyl groups excluding tert-OH is 1. The summed E-state index contributed by atoms with van der Waals surface area (Å²) < 4.78 is 13.3. The highest BCUT2D eigenvalue weighted by atomic mass is 28.4. The van der Waals surface area contributed by atoms with E-state index in [1.807, 2.05) is 30.3 Å². The summed E-state index contributed by atoms with van der Waals surface area (Å²) in [6.07, 6.45) is 4.90. The highest BCUT2D eigenvalue weighted by Crippen LogP contribution is 2.38. The van der Waals surface area contributed by atoms with Crippen LogP contribution in [0.2, 0.25) is 18.1 Å². The van der Waals surface area contributed by atoms with E-state index in [9.17, 15) is 5.11 Å². The molecule has 0 radical (unpaired) electrons. The molecule has 0 aliphatic heterocycles. The van der Waals surface area contributed by atoms with Gasteiger partial charge < -0.3 is 14.3 Å². The fourth-order valence-electron chi connectivity index (χ4n) is 4.67. The van der Waals surface area contributed by atoms with Crippen molar-refractivity contribution in [2.75, 3.05) is 6.61 Å². The molecule has 3 rings (SSSR count). The van der Waals surface area contributed by atoms with Gasteiger partial charge in [-0.2, -0.15) is 0 Å². The fourth-order valence-corrected chi connectivity index (χ4v) is 6.01. The van der Waals surface area contributed by atoms with Crippen molar-refractivity contribution in [2.45, 2.75) is 96.0 Å². The van der Waals surface area contributed by atoms with Crippen LogP contribution in [0.15, 0.2) is 97.1 Å². The molecule has 0 saturated heterocycles. The molecule has 3 aromatic carbocycles. The van der Waals surface area contributed by atoms with E-state index in [-0.39, 0.29) is 29.8 Å². The first kappa shape index (κ1) is 33.0. The Hall–Kier alpha value is -2.54. The lowest BCUT2D eigenvalue weighted by Gasteiger charge is -2.43. The summed E-state index contributed by atoms with van der Waals surface area (Å²) in [5, 5.41) is 15.7. The van der Waals surface area contributed by atoms with Crippen LogP contribution in [-0.4, -0.2) is 44.4 Å². The largest absolute Gasteiger partial charge is 0.409 e. The van der Waals surface area contributed by atoms with Gasteiger partial charge in [0.25, 0.3) is 0 Å². The van der Waals surface area contributed by atoms with Crippen molar-refractivity contribution in [1.29, 1.82) is 0 Å². The van der Waals surface area contributed by atoms with Crippen molar-refractivity contribution < 1.29 is 14.3 Å². The van der Waals surface area contributed by atoms with Gasteiger partial charge in [-0.15, -0.1) is 0 Å². The Morgan fingerprint density at radius 2 is 1.29 bits per heavy atom. The Balaban J connectivity index is 2.08. The van der Waals surface area contributed by atoms with Gasteiger partial charge in [0, 0.05) is 0 Å². The average Bonchev–Trinajstić information content (AvgIpc) is 2.97. The van der Waals surface area contributed by atoms with E-state index in [0.717, 1.165) is 29.5 Å². The second kappa shape index (κ2) is 15.6. The molecule has 0 aliphatic carbocycles. The molecule has 3 atom stereocenters. The molecule has 0 fully saturated rings. The van der Waals surface area contributed by atoms with E-state index in [4.69, 9.17) is 9.16 Å². The Bertz CT molecular complexity index is 1120. The zero-order valence-corrected chi connectivity index (χ0v) is 27.1. The van der Waals surface area contributed by atoms with Crippen molar-refractivity contribution >= 4 is 14.4 Å². The molecule has 0 heterocycles. The quantitative estimate of drug-likeness (QED) is 0.179. The molecule has 41 heavy (non-hydrogen) atoms. The molecule has 5 heteroatoms. The summed E-state index contributed by atoms with van der Waals surface area (Å²) in [7, 11) is -2.27. The van der Waals surface area contributed by atoms with Gasteiger partial charge in [0.15, 0.2) is 8.32 Å². The summed E-state index contributed by atoms with van der Waals surface area (Å²) in [4.78, 5) is 0. The van der Waals surface area contributed by atoms with Crippen LogP contribution in [0.25, 0.3) is 6.08 Å². The summed E-state index contributed by atoms with van der Waals surface area (Å²) in [5.41, 5.74) is 3.42. The second-order valence-electron chi connectivity index (χ2n) is 12.4. The summed E-state index contributed by atoms with van der Waals surface area (Å²) in [6.45, 7) is 15.7. The number of ether oxygens (including phenoxy) is 1. The zero-order chi connectivity index (χ0) is 29.9. The van der Waals surface area contributed by atoms with Crippen LogP contribution < -0.4 is 5.32 Å². The van der Waals surface area contributed by atoms with Gasteiger partial charge in [-0.3, -0.25) is 5.32 Å². The normalized spacial score (nSPS) is 15.0. The molecule has 0 amide bonds. The standard InChI is InChI=1S/C36H51NO3Si/c1-8-31(9-2)39-27-33(38)35(40-41(6,7)36(3,4)5)32(26-25-28-19-13-10-14-20-28)37-34(29-21-15-11-16-22-29)30-23-17-12-18-24-30/h10-26,31-35,37-38H,8-9,27H2,1-7H3/b26-25+/t32-,33+,35-/m0/s1. The van der Waals surface area contributed by atoms with Gasteiger partial charge in [-0.1, -0.05) is 138 Å². The number of benzene rings is 3. The van der Waals surface area contributed by atoms with E-state index >= 15 is 0 Å². The highest BCUT2D eigenvalue weighted by molar-refractivity contribution is 6.74. The molecule has 2 N–H and O–H groups in total. The molecular formula is C36H51NO3Si. The van der Waals surface area contributed by atoms with Gasteiger partial charge in [0.2, 0.25) is 0 Å². The number of hydrogen-bond donors (Lipinski definition) is 2. The highest BCUT2D eigenvalue weighted by Gasteiger charge is 2.43. The van der Waals surface area contributed by atoms with Crippen LogP contribution in [0.5, 0.6) is 0 Å². The number of aliphatic hydroxyl groups is 1. The molecule has 3 aromatic rings. The Kier molecular flexibility index (Phi) is 12.6. The minimum absolute atomic E-state index is 0.0207. The van der Waals surface area contributed by atoms with Crippen molar-refractivity contribution in [3.8, 4) is 0 Å². The predicted octanol–water partition coefficient (Wildman–Crippen LogP) is 8.40. The van der Waals surface area contributed by atoms with Crippen LogP contribution in [0.3, 0.4) is 0 Å². The third kappa shape index (κ3) is 9.76. The Morgan fingerprint density at radius 1 is 0.805 bits per heavy atom. The maximum atomic E-state index is 11.8. The fraction of sp³-hybridized carbons (Fsp3) is 0.444. The van der Waals surface area contributed by atoms with E-state index < -0.39 is 20.5 Å². The third-order valence-electron chi connectivity index (χ3n) is 8.30. The molecular weight excluding hydrogens is 522 g/mol. The maximum absolute atomic E-state index is 11.8. The monoisotopic (exact) mass is 573 g/mol. The zero-order valence-electron chi connectivity index (χ0n) is 26.1. The first-order valence-electron chi connectivity index (χ1n) is 15.1. The lowest BCUT2D eigenvalue weighted by molar-refractivity contribution is -0.0638. The predicted molar refractivity (Wildman–Crippen MR) is 176 cm³/mol. The molecule has 0 saturated carbocycles. The SMILES string of the molecule is CCC(CC)OC[C@@H](O)[C@@H](O[Si](C)(C)C(C)(C)C)[C@H](/C=C/c1ccccc1)NC(c1ccccc1)c1ccccc1. The van der Waals surface area contributed by atoms with Crippen molar-refractivity contribution in [3.05, 3.63) is 114 Å². The molecule has 0 unspecified atom stereocenters.